The normalized spacial score (nSPS) is 12.9. The smallest absolute Gasteiger partial charge is 0.241 e. The minimum Gasteiger partial charge on any atom is -0.494 e. The predicted molar refractivity (Wildman–Crippen MR) is 92.3 cm³/mol. The summed E-state index contributed by atoms with van der Waals surface area (Å²) in [5.74, 6) is 0.603. The molecule has 0 heterocycles. The Bertz CT molecular complexity index is 770. The lowest BCUT2D eigenvalue weighted by atomic mass is 10.1. The lowest BCUT2D eigenvalue weighted by Crippen LogP contribution is -2.27. The summed E-state index contributed by atoms with van der Waals surface area (Å²) in [5.41, 5.74) is 2.56. The van der Waals surface area contributed by atoms with Crippen LogP contribution in [0.15, 0.2) is 47.4 Å². The van der Waals surface area contributed by atoms with Crippen molar-refractivity contribution in [3.05, 3.63) is 59.2 Å². The molecule has 0 spiro atoms. The van der Waals surface area contributed by atoms with E-state index in [0.29, 0.717) is 17.9 Å². The van der Waals surface area contributed by atoms with Gasteiger partial charge in [-0.1, -0.05) is 36.4 Å². The highest BCUT2D eigenvalue weighted by molar-refractivity contribution is 7.89. The topological polar surface area (TPSA) is 55.4 Å². The molecule has 1 atom stereocenters. The van der Waals surface area contributed by atoms with Gasteiger partial charge in [0.2, 0.25) is 10.0 Å². The van der Waals surface area contributed by atoms with Crippen molar-refractivity contribution in [3.8, 4) is 5.75 Å². The highest BCUT2D eigenvalue weighted by atomic mass is 32.2. The molecule has 0 aliphatic rings. The van der Waals surface area contributed by atoms with E-state index in [1.54, 1.807) is 13.0 Å². The first-order valence-corrected chi connectivity index (χ1v) is 9.14. The van der Waals surface area contributed by atoms with Crippen LogP contribution in [0.4, 0.5) is 0 Å². The van der Waals surface area contributed by atoms with Gasteiger partial charge in [-0.2, -0.15) is 0 Å². The van der Waals surface area contributed by atoms with E-state index in [1.165, 1.54) is 0 Å². The van der Waals surface area contributed by atoms with Gasteiger partial charge in [-0.3, -0.25) is 0 Å². The van der Waals surface area contributed by atoms with Crippen LogP contribution in [-0.2, 0) is 10.0 Å². The molecular weight excluding hydrogens is 310 g/mol. The fraction of sp³-hybridized carbons (Fsp3) is 0.333. The first-order chi connectivity index (χ1) is 10.8. The van der Waals surface area contributed by atoms with Crippen molar-refractivity contribution in [3.63, 3.8) is 0 Å². The molecule has 23 heavy (non-hydrogen) atoms. The SMILES string of the molecule is CCOc1cc(S(=O)(=O)NC(C)c2ccccc2)c(C)cc1C. The van der Waals surface area contributed by atoms with E-state index < -0.39 is 10.0 Å². The molecule has 5 heteroatoms. The maximum atomic E-state index is 12.7. The highest BCUT2D eigenvalue weighted by Crippen LogP contribution is 2.27. The number of hydrogen-bond donors (Lipinski definition) is 1. The minimum absolute atomic E-state index is 0.259. The van der Waals surface area contributed by atoms with Gasteiger partial charge in [-0.25, -0.2) is 13.1 Å². The fourth-order valence-corrected chi connectivity index (χ4v) is 3.99. The van der Waals surface area contributed by atoms with Gasteiger partial charge in [0.25, 0.3) is 0 Å². The second-order valence-electron chi connectivity index (χ2n) is 5.57. The molecule has 0 saturated heterocycles. The number of aryl methyl sites for hydroxylation is 2. The van der Waals surface area contributed by atoms with Crippen LogP contribution in [0.1, 0.15) is 36.6 Å². The summed E-state index contributed by atoms with van der Waals surface area (Å²) in [5, 5.41) is 0. The quantitative estimate of drug-likeness (QED) is 0.876. The van der Waals surface area contributed by atoms with Crippen LogP contribution >= 0.6 is 0 Å². The molecule has 124 valence electrons. The maximum Gasteiger partial charge on any atom is 0.241 e. The Balaban J connectivity index is 2.34. The Morgan fingerprint density at radius 1 is 1.09 bits per heavy atom. The van der Waals surface area contributed by atoms with Crippen LogP contribution in [0.25, 0.3) is 0 Å². The summed E-state index contributed by atoms with van der Waals surface area (Å²) >= 11 is 0. The molecule has 0 amide bonds. The van der Waals surface area contributed by atoms with Gasteiger partial charge in [0.15, 0.2) is 0 Å². The van der Waals surface area contributed by atoms with E-state index in [9.17, 15) is 8.42 Å². The maximum absolute atomic E-state index is 12.7. The monoisotopic (exact) mass is 333 g/mol. The van der Waals surface area contributed by atoms with Gasteiger partial charge < -0.3 is 4.74 Å². The molecule has 1 unspecified atom stereocenters. The Kier molecular flexibility index (Phi) is 5.44. The molecule has 0 aliphatic heterocycles. The van der Waals surface area contributed by atoms with Crippen molar-refractivity contribution < 1.29 is 13.2 Å². The van der Waals surface area contributed by atoms with Crippen LogP contribution in [0, 0.1) is 13.8 Å². The van der Waals surface area contributed by atoms with E-state index in [0.717, 1.165) is 11.1 Å². The van der Waals surface area contributed by atoms with E-state index in [2.05, 4.69) is 4.72 Å². The van der Waals surface area contributed by atoms with Crippen LogP contribution < -0.4 is 9.46 Å². The van der Waals surface area contributed by atoms with Gasteiger partial charge in [0, 0.05) is 12.1 Å². The standard InChI is InChI=1S/C18H23NO3S/c1-5-22-17-12-18(14(3)11-13(17)2)23(20,21)19-15(4)16-9-7-6-8-10-16/h6-12,15,19H,5H2,1-4H3. The molecule has 2 rings (SSSR count). The Labute approximate surface area is 138 Å². The summed E-state index contributed by atoms with van der Waals surface area (Å²) in [6.07, 6.45) is 0. The van der Waals surface area contributed by atoms with Crippen LogP contribution in [0.5, 0.6) is 5.75 Å². The van der Waals surface area contributed by atoms with Crippen molar-refractivity contribution in [1.29, 1.82) is 0 Å². The molecule has 1 N–H and O–H groups in total. The number of sulfonamides is 1. The summed E-state index contributed by atoms with van der Waals surface area (Å²) in [7, 11) is -3.63. The number of nitrogens with one attached hydrogen (secondary N) is 1. The molecule has 0 bridgehead atoms. The Morgan fingerprint density at radius 2 is 1.74 bits per heavy atom. The van der Waals surface area contributed by atoms with Gasteiger partial charge in [0.05, 0.1) is 11.5 Å². The average Bonchev–Trinajstić information content (AvgIpc) is 2.50. The lowest BCUT2D eigenvalue weighted by Gasteiger charge is -2.17. The van der Waals surface area contributed by atoms with Crippen LogP contribution in [0.2, 0.25) is 0 Å². The fourth-order valence-electron chi connectivity index (χ4n) is 2.52. The van der Waals surface area contributed by atoms with Crippen molar-refractivity contribution >= 4 is 10.0 Å². The summed E-state index contributed by atoms with van der Waals surface area (Å²) in [6.45, 7) is 7.92. The largest absolute Gasteiger partial charge is 0.494 e. The molecular formula is C18H23NO3S. The van der Waals surface area contributed by atoms with Gasteiger partial charge in [-0.05, 0) is 44.4 Å². The molecule has 0 aliphatic carbocycles. The van der Waals surface area contributed by atoms with Crippen molar-refractivity contribution in [2.45, 2.75) is 38.6 Å². The summed E-state index contributed by atoms with van der Waals surface area (Å²) in [4.78, 5) is 0.259. The molecule has 0 radical (unpaired) electrons. The van der Waals surface area contributed by atoms with E-state index >= 15 is 0 Å². The zero-order valence-electron chi connectivity index (χ0n) is 14.0. The van der Waals surface area contributed by atoms with Gasteiger partial charge in [0.1, 0.15) is 5.75 Å². The molecule has 0 fully saturated rings. The van der Waals surface area contributed by atoms with Crippen LogP contribution in [0.3, 0.4) is 0 Å². The zero-order chi connectivity index (χ0) is 17.0. The molecule has 2 aromatic carbocycles. The van der Waals surface area contributed by atoms with E-state index in [4.69, 9.17) is 4.74 Å². The molecule has 2 aromatic rings. The van der Waals surface area contributed by atoms with Gasteiger partial charge in [-0.15, -0.1) is 0 Å². The highest BCUT2D eigenvalue weighted by Gasteiger charge is 2.22. The number of ether oxygens (including phenoxy) is 1. The second-order valence-corrected chi connectivity index (χ2v) is 7.25. The Hall–Kier alpha value is -1.85. The van der Waals surface area contributed by atoms with E-state index in [1.807, 2.05) is 57.2 Å². The number of benzene rings is 2. The average molecular weight is 333 g/mol. The molecule has 4 nitrogen and oxygen atoms in total. The van der Waals surface area contributed by atoms with Crippen molar-refractivity contribution in [2.75, 3.05) is 6.61 Å². The first kappa shape index (κ1) is 17.5. The summed E-state index contributed by atoms with van der Waals surface area (Å²) in [6, 6.07) is 12.6. The first-order valence-electron chi connectivity index (χ1n) is 7.66. The third kappa shape index (κ3) is 4.12. The van der Waals surface area contributed by atoms with E-state index in [-0.39, 0.29) is 10.9 Å². The molecule has 0 saturated carbocycles. The third-order valence-electron chi connectivity index (χ3n) is 3.69. The van der Waals surface area contributed by atoms with Gasteiger partial charge >= 0.3 is 0 Å². The minimum atomic E-state index is -3.63. The second kappa shape index (κ2) is 7.15. The number of rotatable bonds is 6. The van der Waals surface area contributed by atoms with Crippen LogP contribution in [-0.4, -0.2) is 15.0 Å². The van der Waals surface area contributed by atoms with Crippen molar-refractivity contribution in [1.82, 2.24) is 4.72 Å². The predicted octanol–water partition coefficient (Wildman–Crippen LogP) is 3.74. The zero-order valence-corrected chi connectivity index (χ0v) is 14.8. The Morgan fingerprint density at radius 3 is 2.35 bits per heavy atom. The van der Waals surface area contributed by atoms with Crippen molar-refractivity contribution in [2.24, 2.45) is 0 Å². The molecule has 0 aromatic heterocycles. The lowest BCUT2D eigenvalue weighted by molar-refractivity contribution is 0.336. The summed E-state index contributed by atoms with van der Waals surface area (Å²) < 4.78 is 33.7. The third-order valence-corrected chi connectivity index (χ3v) is 5.38. The number of hydrogen-bond acceptors (Lipinski definition) is 3.